The lowest BCUT2D eigenvalue weighted by molar-refractivity contribution is -0.143. The Bertz CT molecular complexity index is 173. The maximum atomic E-state index is 10.7. The average Bonchev–Trinajstić information content (AvgIpc) is 2.65. The highest BCUT2D eigenvalue weighted by molar-refractivity contribution is 5.72. The van der Waals surface area contributed by atoms with E-state index in [2.05, 4.69) is 0 Å². The maximum absolute atomic E-state index is 10.7. The van der Waals surface area contributed by atoms with Gasteiger partial charge in [-0.1, -0.05) is 6.92 Å². The molecule has 1 aliphatic carbocycles. The average molecular weight is 157 g/mol. The zero-order valence-electron chi connectivity index (χ0n) is 7.29. The lowest BCUT2D eigenvalue weighted by atomic mass is 9.99. The van der Waals surface area contributed by atoms with Crippen LogP contribution in [0.1, 0.15) is 19.8 Å². The van der Waals surface area contributed by atoms with E-state index in [1.54, 1.807) is 6.92 Å². The molecule has 1 saturated carbocycles. The predicted molar refractivity (Wildman–Crippen MR) is 42.5 cm³/mol. The Morgan fingerprint density at radius 1 is 1.55 bits per heavy atom. The van der Waals surface area contributed by atoms with Crippen LogP contribution in [0.15, 0.2) is 0 Å². The fraction of sp³-hybridized carbons (Fsp3) is 0.875. The number of nitrogens with zero attached hydrogens (tertiary/aromatic N) is 1. The molecule has 1 unspecified atom stereocenters. The van der Waals surface area contributed by atoms with Crippen LogP contribution in [-0.4, -0.2) is 35.6 Å². The van der Waals surface area contributed by atoms with Gasteiger partial charge in [0.2, 0.25) is 0 Å². The van der Waals surface area contributed by atoms with E-state index in [0.717, 1.165) is 12.8 Å². The molecule has 1 atom stereocenters. The topological polar surface area (TPSA) is 40.5 Å². The van der Waals surface area contributed by atoms with Gasteiger partial charge in [-0.15, -0.1) is 0 Å². The largest absolute Gasteiger partial charge is 0.481 e. The van der Waals surface area contributed by atoms with Crippen LogP contribution < -0.4 is 0 Å². The summed E-state index contributed by atoms with van der Waals surface area (Å²) in [5.41, 5.74) is -0.0359. The van der Waals surface area contributed by atoms with E-state index in [4.69, 9.17) is 5.11 Å². The molecule has 0 radical (unpaired) electrons. The summed E-state index contributed by atoms with van der Waals surface area (Å²) >= 11 is 0. The van der Waals surface area contributed by atoms with Crippen LogP contribution in [-0.2, 0) is 4.79 Å². The van der Waals surface area contributed by atoms with Crippen LogP contribution in [0.3, 0.4) is 0 Å². The molecular weight excluding hydrogens is 142 g/mol. The number of hydrogen-bond donors (Lipinski definition) is 1. The van der Waals surface area contributed by atoms with Crippen LogP contribution in [0, 0.1) is 5.92 Å². The first-order valence-corrected chi connectivity index (χ1v) is 3.91. The van der Waals surface area contributed by atoms with Gasteiger partial charge >= 0.3 is 5.97 Å². The molecule has 0 spiro atoms. The molecule has 0 aromatic rings. The van der Waals surface area contributed by atoms with E-state index in [-0.39, 0.29) is 11.5 Å². The first-order chi connectivity index (χ1) is 5.00. The van der Waals surface area contributed by atoms with Crippen molar-refractivity contribution in [2.75, 3.05) is 14.1 Å². The Kier molecular flexibility index (Phi) is 1.92. The maximum Gasteiger partial charge on any atom is 0.308 e. The Labute approximate surface area is 67.0 Å². The fourth-order valence-electron chi connectivity index (χ4n) is 1.63. The first-order valence-electron chi connectivity index (χ1n) is 3.91. The molecule has 64 valence electrons. The highest BCUT2D eigenvalue weighted by atomic mass is 16.4. The number of carboxylic acids is 1. The van der Waals surface area contributed by atoms with Gasteiger partial charge in [0.15, 0.2) is 0 Å². The SMILES string of the molecule is CC(C(=O)O)C1(N(C)C)CC1. The monoisotopic (exact) mass is 157 g/mol. The standard InChI is InChI=1S/C8H15NO2/c1-6(7(10)11)8(4-5-8)9(2)3/h6H,4-5H2,1-3H3,(H,10,11). The van der Waals surface area contributed by atoms with Gasteiger partial charge < -0.3 is 10.0 Å². The molecule has 1 fully saturated rings. The zero-order chi connectivity index (χ0) is 8.65. The molecule has 1 N–H and O–H groups in total. The molecule has 0 aromatic heterocycles. The second-order valence-corrected chi connectivity index (χ2v) is 3.56. The zero-order valence-corrected chi connectivity index (χ0v) is 7.29. The van der Waals surface area contributed by atoms with Gasteiger partial charge in [-0.2, -0.15) is 0 Å². The quantitative estimate of drug-likeness (QED) is 0.658. The third-order valence-electron chi connectivity index (χ3n) is 2.83. The Morgan fingerprint density at radius 2 is 2.00 bits per heavy atom. The first kappa shape index (κ1) is 8.53. The summed E-state index contributed by atoms with van der Waals surface area (Å²) in [4.78, 5) is 12.7. The van der Waals surface area contributed by atoms with Crippen LogP contribution in [0.5, 0.6) is 0 Å². The second kappa shape index (κ2) is 2.48. The molecule has 0 aromatic carbocycles. The Hall–Kier alpha value is -0.570. The van der Waals surface area contributed by atoms with Crippen molar-refractivity contribution < 1.29 is 9.90 Å². The normalized spacial score (nSPS) is 23.3. The molecule has 0 saturated heterocycles. The van der Waals surface area contributed by atoms with E-state index in [1.807, 2.05) is 19.0 Å². The molecule has 0 heterocycles. The van der Waals surface area contributed by atoms with E-state index >= 15 is 0 Å². The lowest BCUT2D eigenvalue weighted by Crippen LogP contribution is -2.40. The van der Waals surface area contributed by atoms with Crippen molar-refractivity contribution in [2.24, 2.45) is 5.92 Å². The summed E-state index contributed by atoms with van der Waals surface area (Å²) < 4.78 is 0. The minimum absolute atomic E-state index is 0.0359. The highest BCUT2D eigenvalue weighted by Gasteiger charge is 2.52. The fourth-order valence-corrected chi connectivity index (χ4v) is 1.63. The minimum atomic E-state index is -0.684. The molecule has 11 heavy (non-hydrogen) atoms. The van der Waals surface area contributed by atoms with Crippen molar-refractivity contribution in [3.63, 3.8) is 0 Å². The summed E-state index contributed by atoms with van der Waals surface area (Å²) in [6.07, 6.45) is 2.04. The predicted octanol–water partition coefficient (Wildman–Crippen LogP) is 0.801. The molecule has 1 rings (SSSR count). The number of carboxylic acid groups (broad SMARTS) is 1. The van der Waals surface area contributed by atoms with Crippen molar-refractivity contribution in [3.05, 3.63) is 0 Å². The highest BCUT2D eigenvalue weighted by Crippen LogP contribution is 2.46. The number of rotatable bonds is 3. The molecule has 0 bridgehead atoms. The van der Waals surface area contributed by atoms with Crippen LogP contribution >= 0.6 is 0 Å². The molecule has 3 nitrogen and oxygen atoms in total. The van der Waals surface area contributed by atoms with E-state index < -0.39 is 5.97 Å². The van der Waals surface area contributed by atoms with Crippen molar-refractivity contribution >= 4 is 5.97 Å². The lowest BCUT2D eigenvalue weighted by Gasteiger charge is -2.27. The van der Waals surface area contributed by atoms with Gasteiger partial charge in [-0.25, -0.2) is 0 Å². The van der Waals surface area contributed by atoms with Crippen molar-refractivity contribution in [2.45, 2.75) is 25.3 Å². The summed E-state index contributed by atoms with van der Waals surface area (Å²) in [7, 11) is 3.90. The number of aliphatic carboxylic acids is 1. The van der Waals surface area contributed by atoms with Crippen molar-refractivity contribution in [1.29, 1.82) is 0 Å². The second-order valence-electron chi connectivity index (χ2n) is 3.56. The Morgan fingerprint density at radius 3 is 2.09 bits per heavy atom. The van der Waals surface area contributed by atoms with Crippen molar-refractivity contribution in [1.82, 2.24) is 4.90 Å². The molecule has 1 aliphatic rings. The summed E-state index contributed by atoms with van der Waals surface area (Å²) in [6.45, 7) is 1.79. The third kappa shape index (κ3) is 1.25. The summed E-state index contributed by atoms with van der Waals surface area (Å²) in [5.74, 6) is -0.923. The van der Waals surface area contributed by atoms with E-state index in [1.165, 1.54) is 0 Å². The van der Waals surface area contributed by atoms with Crippen LogP contribution in [0.25, 0.3) is 0 Å². The van der Waals surface area contributed by atoms with Gasteiger partial charge in [0, 0.05) is 5.54 Å². The Balaban J connectivity index is 2.65. The van der Waals surface area contributed by atoms with Gasteiger partial charge in [-0.3, -0.25) is 4.79 Å². The summed E-state index contributed by atoms with van der Waals surface area (Å²) in [6, 6.07) is 0. The van der Waals surface area contributed by atoms with Gasteiger partial charge in [0.05, 0.1) is 5.92 Å². The van der Waals surface area contributed by atoms with Crippen LogP contribution in [0.4, 0.5) is 0 Å². The molecule has 0 aliphatic heterocycles. The van der Waals surface area contributed by atoms with E-state index in [9.17, 15) is 4.79 Å². The number of hydrogen-bond acceptors (Lipinski definition) is 2. The van der Waals surface area contributed by atoms with Crippen molar-refractivity contribution in [3.8, 4) is 0 Å². The smallest absolute Gasteiger partial charge is 0.308 e. The third-order valence-corrected chi connectivity index (χ3v) is 2.83. The van der Waals surface area contributed by atoms with Gasteiger partial charge in [-0.05, 0) is 26.9 Å². The number of carbonyl (C=O) groups is 1. The van der Waals surface area contributed by atoms with Gasteiger partial charge in [0.1, 0.15) is 0 Å². The van der Waals surface area contributed by atoms with E-state index in [0.29, 0.717) is 0 Å². The summed E-state index contributed by atoms with van der Waals surface area (Å²) in [5, 5.41) is 8.78. The van der Waals surface area contributed by atoms with Gasteiger partial charge in [0.25, 0.3) is 0 Å². The molecule has 0 amide bonds. The molecule has 3 heteroatoms. The molecular formula is C8H15NO2. The minimum Gasteiger partial charge on any atom is -0.481 e. The van der Waals surface area contributed by atoms with Crippen LogP contribution in [0.2, 0.25) is 0 Å².